The Morgan fingerprint density at radius 3 is 1.07 bits per heavy atom. The van der Waals surface area contributed by atoms with Gasteiger partial charge in [-0.2, -0.15) is 0 Å². The Morgan fingerprint density at radius 1 is 0.377 bits per heavy atom. The van der Waals surface area contributed by atoms with Crippen molar-refractivity contribution in [1.29, 1.82) is 0 Å². The monoisotopic (exact) mass is 888 g/mol. The smallest absolute Gasteiger partial charge is 0.0462 e. The molecule has 0 saturated heterocycles. The molecule has 0 aliphatic heterocycles. The molecule has 0 amide bonds. The molecule has 10 rings (SSSR count). The molecule has 2 heteroatoms. The Morgan fingerprint density at radius 2 is 0.710 bits per heavy atom. The van der Waals surface area contributed by atoms with Gasteiger partial charge >= 0.3 is 0 Å². The topological polar surface area (TPSA) is 6.48 Å². The largest absolute Gasteiger partial charge is 0.311 e. The van der Waals surface area contributed by atoms with Crippen molar-refractivity contribution in [2.45, 2.75) is 33.1 Å². The second-order valence-electron chi connectivity index (χ2n) is 17.5. The average Bonchev–Trinajstić information content (AvgIpc) is 3.44. The molecule has 0 aromatic heterocycles. The quantitative estimate of drug-likeness (QED) is 0.100. The number of rotatable bonds is 14. The SMILES string of the molecule is C/C=C(\C=C/CC)N(c1ccc(-c2ccc(-c3ccccc3)cc2)cc1)c1ccc(-c2ccc(-c3ccc(N(c4ccccc4)c4ccc(-c5ccc(C6=CCCC=C6)cc5)cc4)cc3)cc2)cc1. The summed E-state index contributed by atoms with van der Waals surface area (Å²) in [5.74, 6) is 0. The fourth-order valence-corrected chi connectivity index (χ4v) is 9.25. The molecule has 0 atom stereocenters. The first-order valence-corrected chi connectivity index (χ1v) is 24.2. The van der Waals surface area contributed by atoms with Crippen LogP contribution in [0.2, 0.25) is 0 Å². The van der Waals surface area contributed by atoms with Crippen LogP contribution in [0, 0.1) is 0 Å². The van der Waals surface area contributed by atoms with Gasteiger partial charge in [0.15, 0.2) is 0 Å². The molecule has 0 unspecified atom stereocenters. The lowest BCUT2D eigenvalue weighted by Gasteiger charge is -2.27. The molecular formula is C67H56N2. The van der Waals surface area contributed by atoms with Crippen LogP contribution in [-0.4, -0.2) is 0 Å². The van der Waals surface area contributed by atoms with Gasteiger partial charge in [0, 0.05) is 34.1 Å². The molecule has 0 saturated carbocycles. The van der Waals surface area contributed by atoms with E-state index in [2.05, 4.69) is 291 Å². The molecule has 0 N–H and O–H groups in total. The van der Waals surface area contributed by atoms with Gasteiger partial charge in [0.25, 0.3) is 0 Å². The van der Waals surface area contributed by atoms with E-state index in [1.54, 1.807) is 0 Å². The van der Waals surface area contributed by atoms with E-state index in [9.17, 15) is 0 Å². The third-order valence-corrected chi connectivity index (χ3v) is 13.0. The molecule has 1 aliphatic carbocycles. The first kappa shape index (κ1) is 44.4. The van der Waals surface area contributed by atoms with Gasteiger partial charge in [-0.25, -0.2) is 0 Å². The predicted octanol–water partition coefficient (Wildman–Crippen LogP) is 19.2. The molecule has 334 valence electrons. The van der Waals surface area contributed by atoms with Crippen LogP contribution in [0.15, 0.2) is 273 Å². The number of anilines is 5. The van der Waals surface area contributed by atoms with E-state index >= 15 is 0 Å². The van der Waals surface area contributed by atoms with Gasteiger partial charge in [0.1, 0.15) is 0 Å². The van der Waals surface area contributed by atoms with Crippen molar-refractivity contribution in [3.05, 3.63) is 278 Å². The van der Waals surface area contributed by atoms with Gasteiger partial charge in [-0.15, -0.1) is 0 Å². The van der Waals surface area contributed by atoms with E-state index < -0.39 is 0 Å². The van der Waals surface area contributed by atoms with E-state index in [1.165, 1.54) is 66.8 Å². The number of nitrogens with zero attached hydrogens (tertiary/aromatic N) is 2. The van der Waals surface area contributed by atoms with Crippen LogP contribution in [0.3, 0.4) is 0 Å². The third-order valence-electron chi connectivity index (χ3n) is 13.0. The molecule has 0 fully saturated rings. The van der Waals surface area contributed by atoms with Gasteiger partial charge in [-0.3, -0.25) is 0 Å². The van der Waals surface area contributed by atoms with Crippen LogP contribution in [0.5, 0.6) is 0 Å². The highest BCUT2D eigenvalue weighted by molar-refractivity contribution is 5.82. The summed E-state index contributed by atoms with van der Waals surface area (Å²) in [7, 11) is 0. The highest BCUT2D eigenvalue weighted by Gasteiger charge is 2.16. The summed E-state index contributed by atoms with van der Waals surface area (Å²) >= 11 is 0. The minimum atomic E-state index is 0.969. The molecule has 0 radical (unpaired) electrons. The van der Waals surface area contributed by atoms with Crippen LogP contribution in [0.4, 0.5) is 28.4 Å². The molecular weight excluding hydrogens is 833 g/mol. The Balaban J connectivity index is 0.849. The number of allylic oxidation sites excluding steroid dienone is 7. The van der Waals surface area contributed by atoms with Crippen molar-refractivity contribution in [3.8, 4) is 55.6 Å². The number of hydrogen-bond donors (Lipinski definition) is 0. The maximum absolute atomic E-state index is 2.34. The summed E-state index contributed by atoms with van der Waals surface area (Å²) in [6.45, 7) is 4.29. The highest BCUT2D eigenvalue weighted by Crippen LogP contribution is 2.39. The number of benzene rings is 9. The summed E-state index contributed by atoms with van der Waals surface area (Å²) in [5.41, 5.74) is 21.3. The average molecular weight is 889 g/mol. The molecule has 1 aliphatic rings. The second kappa shape index (κ2) is 21.0. The molecule has 0 heterocycles. The summed E-state index contributed by atoms with van der Waals surface area (Å²) in [5, 5.41) is 0. The summed E-state index contributed by atoms with van der Waals surface area (Å²) in [6, 6.07) is 83.6. The predicted molar refractivity (Wildman–Crippen MR) is 296 cm³/mol. The zero-order chi connectivity index (χ0) is 46.8. The Labute approximate surface area is 408 Å². The minimum absolute atomic E-state index is 0.969. The lowest BCUT2D eigenvalue weighted by atomic mass is 9.97. The van der Waals surface area contributed by atoms with Gasteiger partial charge < -0.3 is 9.80 Å². The van der Waals surface area contributed by atoms with Crippen LogP contribution < -0.4 is 9.80 Å². The summed E-state index contributed by atoms with van der Waals surface area (Å²) < 4.78 is 0. The summed E-state index contributed by atoms with van der Waals surface area (Å²) in [6.07, 6.45) is 16.7. The van der Waals surface area contributed by atoms with E-state index in [4.69, 9.17) is 0 Å². The van der Waals surface area contributed by atoms with Crippen molar-refractivity contribution in [3.63, 3.8) is 0 Å². The fraction of sp³-hybridized carbons (Fsp3) is 0.0746. The summed E-state index contributed by atoms with van der Waals surface area (Å²) in [4.78, 5) is 4.67. The van der Waals surface area contributed by atoms with Gasteiger partial charge in [0.05, 0.1) is 0 Å². The van der Waals surface area contributed by atoms with Gasteiger partial charge in [0.2, 0.25) is 0 Å². The van der Waals surface area contributed by atoms with Crippen molar-refractivity contribution in [2.75, 3.05) is 9.80 Å². The first-order chi connectivity index (χ1) is 34.1. The Bertz CT molecular complexity index is 3210. The first-order valence-electron chi connectivity index (χ1n) is 24.2. The van der Waals surface area contributed by atoms with Crippen molar-refractivity contribution in [1.82, 2.24) is 0 Å². The zero-order valence-electron chi connectivity index (χ0n) is 39.4. The number of para-hydroxylation sites is 1. The maximum Gasteiger partial charge on any atom is 0.0462 e. The number of hydrogen-bond acceptors (Lipinski definition) is 2. The molecule has 2 nitrogen and oxygen atoms in total. The van der Waals surface area contributed by atoms with Crippen LogP contribution in [0.1, 0.15) is 38.7 Å². The van der Waals surface area contributed by atoms with Gasteiger partial charge in [-0.05, 0) is 160 Å². The molecule has 0 spiro atoms. The second-order valence-corrected chi connectivity index (χ2v) is 17.5. The highest BCUT2D eigenvalue weighted by atomic mass is 15.1. The van der Waals surface area contributed by atoms with Gasteiger partial charge in [-0.1, -0.05) is 207 Å². The molecule has 9 aromatic rings. The van der Waals surface area contributed by atoms with E-state index in [-0.39, 0.29) is 0 Å². The van der Waals surface area contributed by atoms with E-state index in [1.807, 2.05) is 0 Å². The minimum Gasteiger partial charge on any atom is -0.311 e. The van der Waals surface area contributed by atoms with Crippen LogP contribution >= 0.6 is 0 Å². The zero-order valence-corrected chi connectivity index (χ0v) is 39.4. The normalized spacial score (nSPS) is 12.5. The van der Waals surface area contributed by atoms with Crippen LogP contribution in [0.25, 0.3) is 61.2 Å². The Hall–Kier alpha value is -8.46. The Kier molecular flexibility index (Phi) is 13.5. The molecule has 0 bridgehead atoms. The molecule has 9 aromatic carbocycles. The van der Waals surface area contributed by atoms with Crippen molar-refractivity contribution >= 4 is 34.0 Å². The van der Waals surface area contributed by atoms with Crippen molar-refractivity contribution in [2.24, 2.45) is 0 Å². The molecule has 69 heavy (non-hydrogen) atoms. The maximum atomic E-state index is 2.34. The lowest BCUT2D eigenvalue weighted by molar-refractivity contribution is 1.04. The van der Waals surface area contributed by atoms with E-state index in [0.717, 1.165) is 53.4 Å². The van der Waals surface area contributed by atoms with Crippen molar-refractivity contribution < 1.29 is 0 Å². The van der Waals surface area contributed by atoms with E-state index in [0.29, 0.717) is 0 Å². The fourth-order valence-electron chi connectivity index (χ4n) is 9.25. The lowest BCUT2D eigenvalue weighted by Crippen LogP contribution is -2.15. The third kappa shape index (κ3) is 10.1. The van der Waals surface area contributed by atoms with Crippen LogP contribution in [-0.2, 0) is 0 Å². The standard InChI is InChI=1S/C67H56N2/c1-3-5-19-62(4-2)68(64-42-34-58(35-43-64)54-26-22-52(23-27-54)50-15-9-6-10-16-50)65-44-36-59(37-45-65)56-30-32-57(33-31-56)61-40-48-67(49-41-61)69(63-20-13-8-14-21-63)66-46-38-60(39-47-66)55-28-24-53(25-29-55)51-17-11-7-12-18-51/h4-6,8-11,13-49H,3,7,12H2,1-2H3/b19-5-,62-4+.